The number of amides is 1. The van der Waals surface area contributed by atoms with Crippen molar-refractivity contribution >= 4 is 22.9 Å². The Morgan fingerprint density at radius 1 is 0.966 bits per heavy atom. The largest absolute Gasteiger partial charge is 0.380 e. The van der Waals surface area contributed by atoms with Crippen LogP contribution in [0.2, 0.25) is 0 Å². The summed E-state index contributed by atoms with van der Waals surface area (Å²) >= 11 is 0. The highest BCUT2D eigenvalue weighted by Gasteiger charge is 2.34. The third-order valence-corrected chi connectivity index (χ3v) is 5.14. The molecule has 0 spiro atoms. The number of benzene rings is 3. The van der Waals surface area contributed by atoms with Crippen LogP contribution in [0.1, 0.15) is 16.7 Å². The van der Waals surface area contributed by atoms with E-state index in [4.69, 9.17) is 0 Å². The van der Waals surface area contributed by atoms with Crippen molar-refractivity contribution in [3.05, 3.63) is 101 Å². The summed E-state index contributed by atoms with van der Waals surface area (Å²) in [6.07, 6.45) is 0. The molecule has 3 aromatic carbocycles. The topological polar surface area (TPSA) is 56.1 Å². The molecule has 4 nitrogen and oxygen atoms in total. The molecule has 1 heterocycles. The monoisotopic (exact) mass is 379 g/mol. The number of nitrogens with one attached hydrogen (secondary N) is 1. The van der Waals surface area contributed by atoms with Crippen molar-refractivity contribution in [3.63, 3.8) is 0 Å². The van der Waals surface area contributed by atoms with Crippen molar-refractivity contribution in [3.8, 4) is 6.07 Å². The van der Waals surface area contributed by atoms with E-state index in [1.54, 1.807) is 4.90 Å². The number of nitrogens with zero attached hydrogens (tertiary/aromatic N) is 2. The molecule has 0 saturated carbocycles. The Labute approximate surface area is 170 Å². The number of carbonyl (C=O) groups excluding carboxylic acids is 1. The molecule has 4 heteroatoms. The highest BCUT2D eigenvalue weighted by molar-refractivity contribution is 6.33. The van der Waals surface area contributed by atoms with Gasteiger partial charge in [-0.25, -0.2) is 0 Å². The molecular weight excluding hydrogens is 358 g/mol. The third kappa shape index (κ3) is 3.63. The van der Waals surface area contributed by atoms with Crippen molar-refractivity contribution in [1.82, 2.24) is 0 Å². The van der Waals surface area contributed by atoms with Crippen LogP contribution in [0, 0.1) is 18.3 Å². The van der Waals surface area contributed by atoms with Crippen LogP contribution >= 0.6 is 0 Å². The van der Waals surface area contributed by atoms with Crippen molar-refractivity contribution in [2.24, 2.45) is 0 Å². The Morgan fingerprint density at radius 3 is 2.41 bits per heavy atom. The maximum absolute atomic E-state index is 13.3. The molecule has 1 N–H and O–H groups in total. The Morgan fingerprint density at radius 2 is 1.66 bits per heavy atom. The van der Waals surface area contributed by atoms with E-state index >= 15 is 0 Å². The zero-order valence-electron chi connectivity index (χ0n) is 16.2. The van der Waals surface area contributed by atoms with Crippen LogP contribution in [0.15, 0.2) is 84.4 Å². The third-order valence-electron chi connectivity index (χ3n) is 5.14. The van der Waals surface area contributed by atoms with Crippen molar-refractivity contribution in [2.75, 3.05) is 16.8 Å². The molecule has 1 aliphatic heterocycles. The van der Waals surface area contributed by atoms with Crippen molar-refractivity contribution < 1.29 is 4.79 Å². The van der Waals surface area contributed by atoms with Gasteiger partial charge >= 0.3 is 0 Å². The first-order chi connectivity index (χ1) is 14.2. The Kier molecular flexibility index (Phi) is 5.13. The number of para-hydroxylation sites is 2. The first-order valence-electron chi connectivity index (χ1n) is 9.57. The minimum absolute atomic E-state index is 0.127. The lowest BCUT2D eigenvalue weighted by atomic mass is 10.0. The van der Waals surface area contributed by atoms with Gasteiger partial charge in [-0.15, -0.1) is 0 Å². The quantitative estimate of drug-likeness (QED) is 0.505. The summed E-state index contributed by atoms with van der Waals surface area (Å²) in [4.78, 5) is 15.1. The van der Waals surface area contributed by atoms with Gasteiger partial charge in [-0.05, 0) is 30.2 Å². The second kappa shape index (κ2) is 8.04. The van der Waals surface area contributed by atoms with E-state index in [0.29, 0.717) is 24.2 Å². The van der Waals surface area contributed by atoms with Crippen LogP contribution in [0.25, 0.3) is 5.57 Å². The number of hydrogen-bond acceptors (Lipinski definition) is 3. The minimum atomic E-state index is -0.127. The number of fused-ring (bicyclic) bond motifs is 1. The Balaban J connectivity index is 1.69. The lowest BCUT2D eigenvalue weighted by Crippen LogP contribution is -2.26. The van der Waals surface area contributed by atoms with E-state index in [2.05, 4.69) is 11.4 Å². The minimum Gasteiger partial charge on any atom is -0.380 e. The van der Waals surface area contributed by atoms with Gasteiger partial charge in [-0.2, -0.15) is 5.26 Å². The zero-order valence-corrected chi connectivity index (χ0v) is 16.2. The average Bonchev–Trinajstić information content (AvgIpc) is 3.03. The number of aryl methyl sites for hydroxylation is 1. The van der Waals surface area contributed by atoms with Crippen molar-refractivity contribution in [2.45, 2.75) is 13.5 Å². The van der Waals surface area contributed by atoms with Gasteiger partial charge in [-0.3, -0.25) is 4.79 Å². The van der Waals surface area contributed by atoms with E-state index in [9.17, 15) is 10.1 Å². The number of anilines is 2. The standard InChI is InChI=1S/C25H21N3O/c1-18-9-5-7-13-22(18)27-16-20(15-26)24-21-12-6-8-14-23(21)28(25(24)29)17-19-10-3-2-4-11-19/h2-14,27H,16-17H2,1H3/b24-20-. The molecule has 1 amide bonds. The number of rotatable bonds is 5. The van der Waals surface area contributed by atoms with Gasteiger partial charge in [0.1, 0.15) is 0 Å². The Bertz CT molecular complexity index is 1130. The smallest absolute Gasteiger partial charge is 0.260 e. The Hall–Kier alpha value is -3.84. The van der Waals surface area contributed by atoms with E-state index in [-0.39, 0.29) is 5.91 Å². The fourth-order valence-corrected chi connectivity index (χ4v) is 3.63. The molecule has 0 bridgehead atoms. The summed E-state index contributed by atoms with van der Waals surface area (Å²) in [5, 5.41) is 13.1. The van der Waals surface area contributed by atoms with Crippen LogP contribution in [0.3, 0.4) is 0 Å². The predicted octanol–water partition coefficient (Wildman–Crippen LogP) is 4.93. The van der Waals surface area contributed by atoms with Gasteiger partial charge in [0, 0.05) is 11.3 Å². The molecule has 0 unspecified atom stereocenters. The average molecular weight is 379 g/mol. The van der Waals surface area contributed by atoms with Gasteiger partial charge in [-0.1, -0.05) is 66.7 Å². The highest BCUT2D eigenvalue weighted by atomic mass is 16.2. The van der Waals surface area contributed by atoms with Crippen LogP contribution in [-0.2, 0) is 11.3 Å². The molecule has 0 fully saturated rings. The molecule has 29 heavy (non-hydrogen) atoms. The molecule has 1 aliphatic rings. The van der Waals surface area contributed by atoms with Gasteiger partial charge in [0.15, 0.2) is 0 Å². The molecule has 4 rings (SSSR count). The number of carbonyl (C=O) groups is 1. The van der Waals surface area contributed by atoms with E-state index in [0.717, 1.165) is 28.1 Å². The summed E-state index contributed by atoms with van der Waals surface area (Å²) < 4.78 is 0. The second-order valence-corrected chi connectivity index (χ2v) is 7.03. The fourth-order valence-electron chi connectivity index (χ4n) is 3.63. The van der Waals surface area contributed by atoms with Crippen LogP contribution in [-0.4, -0.2) is 12.5 Å². The first-order valence-corrected chi connectivity index (χ1v) is 9.57. The fraction of sp³-hybridized carbons (Fsp3) is 0.120. The summed E-state index contributed by atoms with van der Waals surface area (Å²) in [6, 6.07) is 27.7. The van der Waals surface area contributed by atoms with E-state index in [1.807, 2.05) is 85.8 Å². The second-order valence-electron chi connectivity index (χ2n) is 7.03. The lowest BCUT2D eigenvalue weighted by molar-refractivity contribution is -0.113. The molecule has 3 aromatic rings. The number of hydrogen-bond donors (Lipinski definition) is 1. The van der Waals surface area contributed by atoms with Crippen LogP contribution < -0.4 is 10.2 Å². The molecule has 0 aliphatic carbocycles. The molecular formula is C25H21N3O. The van der Waals surface area contributed by atoms with Gasteiger partial charge in [0.2, 0.25) is 0 Å². The molecule has 142 valence electrons. The first kappa shape index (κ1) is 18.5. The van der Waals surface area contributed by atoms with E-state index < -0.39 is 0 Å². The summed E-state index contributed by atoms with van der Waals surface area (Å²) in [6.45, 7) is 2.79. The summed E-state index contributed by atoms with van der Waals surface area (Å²) in [5.41, 5.74) is 5.70. The predicted molar refractivity (Wildman–Crippen MR) is 116 cm³/mol. The van der Waals surface area contributed by atoms with Gasteiger partial charge < -0.3 is 10.2 Å². The van der Waals surface area contributed by atoms with Gasteiger partial charge in [0.05, 0.1) is 36.0 Å². The molecule has 0 radical (unpaired) electrons. The van der Waals surface area contributed by atoms with Gasteiger partial charge in [0.25, 0.3) is 5.91 Å². The summed E-state index contributed by atoms with van der Waals surface area (Å²) in [7, 11) is 0. The zero-order chi connectivity index (χ0) is 20.2. The molecule has 0 atom stereocenters. The lowest BCUT2D eigenvalue weighted by Gasteiger charge is -2.17. The maximum atomic E-state index is 13.3. The number of nitriles is 1. The maximum Gasteiger partial charge on any atom is 0.260 e. The summed E-state index contributed by atoms with van der Waals surface area (Å²) in [5.74, 6) is -0.127. The SMILES string of the molecule is Cc1ccccc1NC/C(C#N)=C1\C(=O)N(Cc2ccccc2)c2ccccc21. The van der Waals surface area contributed by atoms with Crippen molar-refractivity contribution in [1.29, 1.82) is 5.26 Å². The molecule has 0 aromatic heterocycles. The van der Waals surface area contributed by atoms with Crippen LogP contribution in [0.4, 0.5) is 11.4 Å². The van der Waals surface area contributed by atoms with E-state index in [1.165, 1.54) is 0 Å². The highest BCUT2D eigenvalue weighted by Crippen LogP contribution is 2.39. The molecule has 0 saturated heterocycles. The normalized spacial score (nSPS) is 14.3. The van der Waals surface area contributed by atoms with Crippen LogP contribution in [0.5, 0.6) is 0 Å².